The van der Waals surface area contributed by atoms with Crippen molar-refractivity contribution in [3.05, 3.63) is 18.4 Å². The summed E-state index contributed by atoms with van der Waals surface area (Å²) in [6, 6.07) is 0. The van der Waals surface area contributed by atoms with Gasteiger partial charge in [-0.1, -0.05) is 0 Å². The molecule has 0 unspecified atom stereocenters. The Morgan fingerprint density at radius 2 is 2.67 bits per heavy atom. The van der Waals surface area contributed by atoms with Crippen LogP contribution in [0.1, 0.15) is 10.6 Å². The normalized spacial score (nSPS) is 9.00. The molecule has 0 fully saturated rings. The Morgan fingerprint density at radius 3 is 3.11 bits per heavy atom. The number of aromatic nitrogens is 1. The molecule has 0 spiro atoms. The number of hydrogen-bond donors (Lipinski definition) is 0. The lowest BCUT2D eigenvalue weighted by Gasteiger charge is -1.88. The molecule has 9 heavy (non-hydrogen) atoms. The molecule has 1 aromatic heterocycles. The molecule has 0 bridgehead atoms. The largest absolute Gasteiger partial charge is 0.463 e. The van der Waals surface area contributed by atoms with Crippen LogP contribution >= 0.6 is 0 Å². The summed E-state index contributed by atoms with van der Waals surface area (Å²) in [5.41, 5.74) is 0. The monoisotopic (exact) mass is 127 g/mol. The first-order chi connectivity index (χ1) is 4.34. The van der Waals surface area contributed by atoms with Gasteiger partial charge in [0.1, 0.15) is 0 Å². The van der Waals surface area contributed by atoms with Crippen molar-refractivity contribution in [2.75, 3.05) is 7.11 Å². The smallest absolute Gasteiger partial charge is 0.375 e. The van der Waals surface area contributed by atoms with Gasteiger partial charge in [-0.05, 0) is 0 Å². The summed E-state index contributed by atoms with van der Waals surface area (Å²) in [6.45, 7) is 0. The molecule has 0 saturated heterocycles. The first kappa shape index (κ1) is 5.81. The van der Waals surface area contributed by atoms with Gasteiger partial charge in [-0.15, -0.1) is 0 Å². The summed E-state index contributed by atoms with van der Waals surface area (Å²) in [5.74, 6) is -0.384. The zero-order valence-electron chi connectivity index (χ0n) is 4.83. The molecule has 1 rings (SSSR count). The molecule has 0 N–H and O–H groups in total. The van der Waals surface area contributed by atoms with E-state index in [-0.39, 0.29) is 5.76 Å². The number of ether oxygens (including phenoxy) is 1. The fourth-order valence-corrected chi connectivity index (χ4v) is 0.417. The highest BCUT2D eigenvalue weighted by Crippen LogP contribution is 1.96. The van der Waals surface area contributed by atoms with E-state index in [0.717, 1.165) is 0 Å². The van der Waals surface area contributed by atoms with Crippen molar-refractivity contribution in [2.24, 2.45) is 0 Å². The molecule has 0 aromatic carbocycles. The van der Waals surface area contributed by atoms with Crippen LogP contribution in [-0.4, -0.2) is 18.1 Å². The van der Waals surface area contributed by atoms with E-state index in [0.29, 0.717) is 0 Å². The van der Waals surface area contributed by atoms with Gasteiger partial charge >= 0.3 is 5.97 Å². The SMILES string of the molecule is COC(=O)c1cnco1. The second-order valence-corrected chi connectivity index (χ2v) is 1.36. The highest BCUT2D eigenvalue weighted by molar-refractivity contribution is 5.85. The van der Waals surface area contributed by atoms with Crippen LogP contribution in [0.25, 0.3) is 0 Å². The molecule has 1 heterocycles. The minimum atomic E-state index is -0.507. The number of carbonyl (C=O) groups is 1. The maximum absolute atomic E-state index is 10.5. The van der Waals surface area contributed by atoms with Gasteiger partial charge in [-0.2, -0.15) is 0 Å². The fourth-order valence-electron chi connectivity index (χ4n) is 0.417. The molecule has 4 nitrogen and oxygen atoms in total. The summed E-state index contributed by atoms with van der Waals surface area (Å²) in [7, 11) is 1.28. The van der Waals surface area contributed by atoms with Crippen molar-refractivity contribution >= 4 is 5.97 Å². The lowest BCUT2D eigenvalue weighted by atomic mass is 10.5. The van der Waals surface area contributed by atoms with Crippen LogP contribution < -0.4 is 0 Å². The fraction of sp³-hybridized carbons (Fsp3) is 0.200. The minimum absolute atomic E-state index is 0.123. The Morgan fingerprint density at radius 1 is 1.89 bits per heavy atom. The molecule has 0 atom stereocenters. The standard InChI is InChI=1S/C5H5NO3/c1-8-5(7)4-2-6-3-9-4/h2-3H,1H3. The Bertz CT molecular complexity index is 192. The lowest BCUT2D eigenvalue weighted by Crippen LogP contribution is -1.97. The third-order valence-corrected chi connectivity index (χ3v) is 0.819. The van der Waals surface area contributed by atoms with E-state index in [1.54, 1.807) is 0 Å². The first-order valence-electron chi connectivity index (χ1n) is 2.31. The number of methoxy groups -OCH3 is 1. The van der Waals surface area contributed by atoms with Crippen molar-refractivity contribution in [3.8, 4) is 0 Å². The molecule has 0 aliphatic carbocycles. The first-order valence-corrected chi connectivity index (χ1v) is 2.31. The Labute approximate surface area is 51.5 Å². The average molecular weight is 127 g/mol. The number of nitrogens with zero attached hydrogens (tertiary/aromatic N) is 1. The van der Waals surface area contributed by atoms with Gasteiger partial charge in [0, 0.05) is 0 Å². The molecule has 0 aliphatic rings. The zero-order valence-corrected chi connectivity index (χ0v) is 4.83. The van der Waals surface area contributed by atoms with Crippen molar-refractivity contribution in [1.29, 1.82) is 0 Å². The maximum Gasteiger partial charge on any atom is 0.375 e. The van der Waals surface area contributed by atoms with Crippen LogP contribution in [0, 0.1) is 0 Å². The van der Waals surface area contributed by atoms with E-state index in [4.69, 9.17) is 0 Å². The van der Waals surface area contributed by atoms with E-state index in [9.17, 15) is 4.79 Å². The van der Waals surface area contributed by atoms with Crippen molar-refractivity contribution in [1.82, 2.24) is 4.98 Å². The average Bonchev–Trinajstić information content (AvgIpc) is 2.37. The molecule has 0 saturated carbocycles. The summed E-state index contributed by atoms with van der Waals surface area (Å²) in [6.07, 6.45) is 2.47. The minimum Gasteiger partial charge on any atom is -0.463 e. The van der Waals surface area contributed by atoms with Gasteiger partial charge in [-0.25, -0.2) is 9.78 Å². The molecule has 0 radical (unpaired) electrons. The molecule has 48 valence electrons. The Kier molecular flexibility index (Phi) is 1.48. The van der Waals surface area contributed by atoms with Crippen LogP contribution in [0.4, 0.5) is 0 Å². The number of esters is 1. The topological polar surface area (TPSA) is 52.3 Å². The predicted octanol–water partition coefficient (Wildman–Crippen LogP) is 0.461. The molecule has 4 heteroatoms. The highest BCUT2D eigenvalue weighted by Gasteiger charge is 2.06. The number of rotatable bonds is 1. The third-order valence-electron chi connectivity index (χ3n) is 0.819. The summed E-state index contributed by atoms with van der Waals surface area (Å²) >= 11 is 0. The van der Waals surface area contributed by atoms with E-state index in [1.807, 2.05) is 0 Å². The van der Waals surface area contributed by atoms with Crippen molar-refractivity contribution in [2.45, 2.75) is 0 Å². The third kappa shape index (κ3) is 1.07. The molecule has 1 aromatic rings. The lowest BCUT2D eigenvalue weighted by molar-refractivity contribution is 0.0565. The molecular weight excluding hydrogens is 122 g/mol. The van der Waals surface area contributed by atoms with Crippen LogP contribution in [0.3, 0.4) is 0 Å². The van der Waals surface area contributed by atoms with E-state index in [1.165, 1.54) is 19.7 Å². The van der Waals surface area contributed by atoms with Crippen LogP contribution in [0.2, 0.25) is 0 Å². The van der Waals surface area contributed by atoms with Crippen LogP contribution in [0.15, 0.2) is 17.0 Å². The summed E-state index contributed by atoms with van der Waals surface area (Å²) in [4.78, 5) is 14.0. The van der Waals surface area contributed by atoms with Crippen molar-refractivity contribution in [3.63, 3.8) is 0 Å². The molecular formula is C5H5NO3. The second kappa shape index (κ2) is 2.30. The Hall–Kier alpha value is -1.32. The zero-order chi connectivity index (χ0) is 6.69. The summed E-state index contributed by atoms with van der Waals surface area (Å²) < 4.78 is 8.92. The van der Waals surface area contributed by atoms with Gasteiger partial charge in [0.25, 0.3) is 0 Å². The van der Waals surface area contributed by atoms with Gasteiger partial charge in [0.15, 0.2) is 6.39 Å². The highest BCUT2D eigenvalue weighted by atomic mass is 16.5. The van der Waals surface area contributed by atoms with Gasteiger partial charge in [0.05, 0.1) is 13.3 Å². The number of oxazole rings is 1. The van der Waals surface area contributed by atoms with Gasteiger partial charge in [0.2, 0.25) is 5.76 Å². The number of hydrogen-bond acceptors (Lipinski definition) is 4. The summed E-state index contributed by atoms with van der Waals surface area (Å²) in [5, 5.41) is 0. The van der Waals surface area contributed by atoms with Crippen molar-refractivity contribution < 1.29 is 13.9 Å². The van der Waals surface area contributed by atoms with Crippen LogP contribution in [0.5, 0.6) is 0 Å². The van der Waals surface area contributed by atoms with E-state index >= 15 is 0 Å². The van der Waals surface area contributed by atoms with Gasteiger partial charge < -0.3 is 9.15 Å². The number of carbonyl (C=O) groups excluding carboxylic acids is 1. The molecule has 0 aliphatic heterocycles. The van der Waals surface area contributed by atoms with Gasteiger partial charge in [-0.3, -0.25) is 0 Å². The molecule has 0 amide bonds. The second-order valence-electron chi connectivity index (χ2n) is 1.36. The maximum atomic E-state index is 10.5. The van der Waals surface area contributed by atoms with Crippen LogP contribution in [-0.2, 0) is 4.74 Å². The van der Waals surface area contributed by atoms with E-state index < -0.39 is 5.97 Å². The predicted molar refractivity (Wildman–Crippen MR) is 27.8 cm³/mol. The van der Waals surface area contributed by atoms with E-state index in [2.05, 4.69) is 14.1 Å². The quantitative estimate of drug-likeness (QED) is 0.514. The Balaban J connectivity index is 2.77.